The third kappa shape index (κ3) is 3.69. The van der Waals surface area contributed by atoms with Gasteiger partial charge in [0.05, 0.1) is 15.3 Å². The summed E-state index contributed by atoms with van der Waals surface area (Å²) in [5.41, 5.74) is 3.24. The van der Waals surface area contributed by atoms with Gasteiger partial charge in [0.2, 0.25) is 0 Å². The lowest BCUT2D eigenvalue weighted by molar-refractivity contribution is -0.274. The Balaban J connectivity index is 1.62. The molecule has 0 bridgehead atoms. The SMILES string of the molecule is FC(F)(F)Oc1ccc(-c2ccc3cc(N4C=NI=C4)ccc3n2)cc1. The second kappa shape index (κ2) is 6.67. The van der Waals surface area contributed by atoms with Crippen LogP contribution in [0.4, 0.5) is 18.9 Å². The first-order valence-corrected chi connectivity index (χ1v) is 9.74. The van der Waals surface area contributed by atoms with Gasteiger partial charge in [-0.1, -0.05) is 6.07 Å². The van der Waals surface area contributed by atoms with Crippen molar-refractivity contribution >= 4 is 48.1 Å². The Morgan fingerprint density at radius 1 is 0.962 bits per heavy atom. The van der Waals surface area contributed by atoms with E-state index in [0.29, 0.717) is 5.69 Å². The number of halogens is 4. The zero-order valence-electron chi connectivity index (χ0n) is 13.1. The summed E-state index contributed by atoms with van der Waals surface area (Å²) in [5, 5.41) is 0.982. The molecular formula is C18H11F3IN3O. The number of hydrogen-bond acceptors (Lipinski definition) is 4. The number of ether oxygens (including phenoxy) is 1. The molecule has 0 aliphatic carbocycles. The van der Waals surface area contributed by atoms with E-state index in [1.165, 1.54) is 12.1 Å². The van der Waals surface area contributed by atoms with Crippen molar-refractivity contribution in [2.24, 2.45) is 3.21 Å². The number of anilines is 1. The maximum Gasteiger partial charge on any atom is 0.573 e. The Labute approximate surface area is 157 Å². The molecule has 1 aliphatic rings. The summed E-state index contributed by atoms with van der Waals surface area (Å²) in [6, 6.07) is 15.4. The summed E-state index contributed by atoms with van der Waals surface area (Å²) in [4.78, 5) is 6.60. The molecule has 3 aromatic rings. The second-order valence-corrected chi connectivity index (χ2v) is 7.13. The summed E-state index contributed by atoms with van der Waals surface area (Å²) >= 11 is -0.242. The topological polar surface area (TPSA) is 37.7 Å². The fraction of sp³-hybridized carbons (Fsp3) is 0.0556. The maximum atomic E-state index is 12.2. The highest BCUT2D eigenvalue weighted by molar-refractivity contribution is 14.2. The van der Waals surface area contributed by atoms with Gasteiger partial charge in [-0.3, -0.25) is 0 Å². The molecule has 0 saturated carbocycles. The van der Waals surface area contributed by atoms with Gasteiger partial charge in [-0.2, -0.15) is 0 Å². The van der Waals surface area contributed by atoms with Crippen molar-refractivity contribution in [1.29, 1.82) is 0 Å². The third-order valence-electron chi connectivity index (χ3n) is 3.73. The van der Waals surface area contributed by atoms with Crippen molar-refractivity contribution in [3.05, 3.63) is 54.6 Å². The minimum absolute atomic E-state index is 0.242. The number of aromatic nitrogens is 1. The molecule has 1 aliphatic heterocycles. The maximum absolute atomic E-state index is 12.2. The lowest BCUT2D eigenvalue weighted by atomic mass is 10.1. The van der Waals surface area contributed by atoms with Crippen LogP contribution in [0.1, 0.15) is 0 Å². The van der Waals surface area contributed by atoms with Gasteiger partial charge in [0, 0.05) is 37.6 Å². The molecule has 1 aromatic heterocycles. The number of benzene rings is 2. The van der Waals surface area contributed by atoms with Gasteiger partial charge >= 0.3 is 6.36 Å². The Morgan fingerprint density at radius 2 is 1.77 bits per heavy atom. The van der Waals surface area contributed by atoms with Crippen molar-refractivity contribution in [2.75, 3.05) is 4.90 Å². The molecule has 4 nitrogen and oxygen atoms in total. The molecule has 2 aromatic carbocycles. The van der Waals surface area contributed by atoms with Crippen LogP contribution in [0, 0.1) is 0 Å². The van der Waals surface area contributed by atoms with Crippen molar-refractivity contribution in [3.63, 3.8) is 0 Å². The fourth-order valence-corrected chi connectivity index (χ4v) is 3.84. The number of hydrogen-bond donors (Lipinski definition) is 0. The summed E-state index contributed by atoms with van der Waals surface area (Å²) in [6.45, 7) is 0. The van der Waals surface area contributed by atoms with Crippen LogP contribution in [0.25, 0.3) is 22.2 Å². The zero-order chi connectivity index (χ0) is 18.1. The minimum atomic E-state index is -4.69. The Morgan fingerprint density at radius 3 is 2.46 bits per heavy atom. The van der Waals surface area contributed by atoms with Crippen molar-refractivity contribution in [3.8, 4) is 17.0 Å². The standard InChI is InChI=1S/C18H11F3IN3O/c19-18(20,21)26-15-5-1-12(2-6-15)16-7-3-13-9-14(4-8-17(13)24-16)25-10-22-23-11-25/h1-11H. The van der Waals surface area contributed by atoms with Gasteiger partial charge < -0.3 is 9.64 Å². The average Bonchev–Trinajstić information content (AvgIpc) is 3.15. The first-order chi connectivity index (χ1) is 12.5. The van der Waals surface area contributed by atoms with Crippen LogP contribution in [0.5, 0.6) is 5.75 Å². The lowest BCUT2D eigenvalue weighted by Gasteiger charge is -2.12. The summed E-state index contributed by atoms with van der Waals surface area (Å²) < 4.78 is 47.0. The third-order valence-corrected chi connectivity index (χ3v) is 5.15. The van der Waals surface area contributed by atoms with Gasteiger partial charge in [0.1, 0.15) is 12.1 Å². The van der Waals surface area contributed by atoms with Crippen LogP contribution in [-0.4, -0.2) is 21.8 Å². The molecule has 132 valence electrons. The second-order valence-electron chi connectivity index (χ2n) is 5.46. The van der Waals surface area contributed by atoms with Gasteiger partial charge in [-0.25, -0.2) is 8.19 Å². The van der Waals surface area contributed by atoms with Gasteiger partial charge in [0.15, 0.2) is 0 Å². The lowest BCUT2D eigenvalue weighted by Crippen LogP contribution is -2.16. The molecule has 4 rings (SSSR count). The van der Waals surface area contributed by atoms with Crippen molar-refractivity contribution in [2.45, 2.75) is 6.36 Å². The first-order valence-electron chi connectivity index (χ1n) is 7.53. The quantitative estimate of drug-likeness (QED) is 0.490. The Hall–Kier alpha value is -2.49. The van der Waals surface area contributed by atoms with E-state index in [1.54, 1.807) is 12.1 Å². The molecule has 0 N–H and O–H groups in total. The molecule has 0 spiro atoms. The molecule has 2 heterocycles. The number of pyridine rings is 1. The van der Waals surface area contributed by atoms with E-state index in [2.05, 4.69) is 17.1 Å². The molecule has 0 fully saturated rings. The smallest absolute Gasteiger partial charge is 0.406 e. The van der Waals surface area contributed by atoms with Gasteiger partial charge in [-0.05, 0) is 48.5 Å². The van der Waals surface area contributed by atoms with Crippen LogP contribution < -0.4 is 9.64 Å². The molecule has 26 heavy (non-hydrogen) atoms. The van der Waals surface area contributed by atoms with E-state index in [1.807, 2.05) is 41.6 Å². The van der Waals surface area contributed by atoms with E-state index in [-0.39, 0.29) is 26.8 Å². The highest BCUT2D eigenvalue weighted by Gasteiger charge is 2.30. The van der Waals surface area contributed by atoms with Crippen LogP contribution in [-0.2, 0) is 0 Å². The average molecular weight is 469 g/mol. The normalized spacial score (nSPS) is 13.9. The van der Waals surface area contributed by atoms with Gasteiger partial charge in [0.25, 0.3) is 0 Å². The van der Waals surface area contributed by atoms with E-state index in [4.69, 9.17) is 0 Å². The zero-order valence-corrected chi connectivity index (χ0v) is 15.3. The van der Waals surface area contributed by atoms with E-state index < -0.39 is 6.36 Å². The number of fused-ring (bicyclic) bond motifs is 1. The molecule has 0 amide bonds. The van der Waals surface area contributed by atoms with Crippen LogP contribution >= 0.6 is 21.0 Å². The highest BCUT2D eigenvalue weighted by Crippen LogP contribution is 2.28. The van der Waals surface area contributed by atoms with Crippen molar-refractivity contribution < 1.29 is 17.9 Å². The summed E-state index contributed by atoms with van der Waals surface area (Å²) in [7, 11) is 0. The Bertz CT molecular complexity index is 1000. The first kappa shape index (κ1) is 17.0. The predicted octanol–water partition coefficient (Wildman–Crippen LogP) is 5.29. The number of rotatable bonds is 3. The van der Waals surface area contributed by atoms with E-state index in [0.717, 1.165) is 22.2 Å². The van der Waals surface area contributed by atoms with E-state index in [9.17, 15) is 13.2 Å². The molecule has 0 unspecified atom stereocenters. The largest absolute Gasteiger partial charge is 0.573 e. The van der Waals surface area contributed by atoms with Gasteiger partial charge in [-0.15, -0.1) is 13.2 Å². The molecule has 8 heteroatoms. The van der Waals surface area contributed by atoms with Crippen molar-refractivity contribution in [1.82, 2.24) is 4.98 Å². The van der Waals surface area contributed by atoms with Crippen LogP contribution in [0.2, 0.25) is 0 Å². The van der Waals surface area contributed by atoms with Crippen LogP contribution in [0.3, 0.4) is 0 Å². The molecule has 0 radical (unpaired) electrons. The Kier molecular flexibility index (Phi) is 4.35. The number of alkyl halides is 3. The predicted molar refractivity (Wildman–Crippen MR) is 105 cm³/mol. The highest BCUT2D eigenvalue weighted by atomic mass is 127. The molecule has 0 atom stereocenters. The monoisotopic (exact) mass is 469 g/mol. The fourth-order valence-electron chi connectivity index (χ4n) is 2.55. The molecular weight excluding hydrogens is 458 g/mol. The van der Waals surface area contributed by atoms with E-state index >= 15 is 0 Å². The number of nitrogens with zero attached hydrogens (tertiary/aromatic N) is 3. The van der Waals surface area contributed by atoms with Crippen LogP contribution in [0.15, 0.2) is 57.8 Å². The summed E-state index contributed by atoms with van der Waals surface area (Å²) in [5.74, 6) is -0.252. The molecule has 0 saturated heterocycles. The minimum Gasteiger partial charge on any atom is -0.406 e. The summed E-state index contributed by atoms with van der Waals surface area (Å²) in [6.07, 6.45) is -2.87.